The van der Waals surface area contributed by atoms with E-state index in [4.69, 9.17) is 37.0 Å². The highest BCUT2D eigenvalue weighted by molar-refractivity contribution is 7.47. The highest BCUT2D eigenvalue weighted by atomic mass is 31.2. The van der Waals surface area contributed by atoms with E-state index in [0.29, 0.717) is 37.5 Å². The first-order valence-corrected chi connectivity index (χ1v) is 33.8. The molecule has 0 amide bonds. The van der Waals surface area contributed by atoms with Crippen LogP contribution in [-0.2, 0) is 65.4 Å². The van der Waals surface area contributed by atoms with Crippen molar-refractivity contribution in [2.45, 2.75) is 298 Å². The summed E-state index contributed by atoms with van der Waals surface area (Å²) in [6.07, 6.45) is 29.9. The smallest absolute Gasteiger partial charge is 0.462 e. The molecule has 0 aliphatic carbocycles. The van der Waals surface area contributed by atoms with Crippen molar-refractivity contribution in [3.63, 3.8) is 0 Å². The summed E-state index contributed by atoms with van der Waals surface area (Å²) in [5.41, 5.74) is 0. The van der Waals surface area contributed by atoms with Gasteiger partial charge in [-0.25, -0.2) is 9.13 Å². The van der Waals surface area contributed by atoms with Crippen LogP contribution in [0.3, 0.4) is 0 Å². The molecule has 17 nitrogen and oxygen atoms in total. The number of carbonyl (C=O) groups is 4. The lowest BCUT2D eigenvalue weighted by atomic mass is 10.0. The third-order valence-electron chi connectivity index (χ3n) is 13.4. The maximum absolute atomic E-state index is 12.9. The van der Waals surface area contributed by atoms with E-state index in [1.165, 1.54) is 77.0 Å². The molecule has 0 aromatic heterocycles. The quantitative estimate of drug-likeness (QED) is 0.0222. The van der Waals surface area contributed by atoms with Gasteiger partial charge in [0.25, 0.3) is 0 Å². The van der Waals surface area contributed by atoms with Crippen molar-refractivity contribution < 1.29 is 80.2 Å². The molecular weight excluding hydrogens is 1040 g/mol. The summed E-state index contributed by atoms with van der Waals surface area (Å²) in [7, 11) is -9.87. The summed E-state index contributed by atoms with van der Waals surface area (Å²) >= 11 is 0. The van der Waals surface area contributed by atoms with E-state index in [2.05, 4.69) is 48.5 Å². The summed E-state index contributed by atoms with van der Waals surface area (Å²) in [6.45, 7) is 11.5. The van der Waals surface area contributed by atoms with Crippen LogP contribution in [0.1, 0.15) is 280 Å². The average Bonchev–Trinajstić information content (AvgIpc) is 3.38. The molecule has 0 radical (unpaired) electrons. The van der Waals surface area contributed by atoms with E-state index in [9.17, 15) is 43.2 Å². The second-order valence-electron chi connectivity index (χ2n) is 22.8. The molecule has 0 saturated carbocycles. The first-order valence-electron chi connectivity index (χ1n) is 30.8. The lowest BCUT2D eigenvalue weighted by Gasteiger charge is -2.21. The van der Waals surface area contributed by atoms with Crippen LogP contribution in [-0.4, -0.2) is 96.7 Å². The molecule has 19 heteroatoms. The Morgan fingerprint density at radius 1 is 0.346 bits per heavy atom. The van der Waals surface area contributed by atoms with E-state index in [0.717, 1.165) is 109 Å². The van der Waals surface area contributed by atoms with E-state index in [1.54, 1.807) is 0 Å². The van der Waals surface area contributed by atoms with Crippen LogP contribution in [0, 0.1) is 17.8 Å². The van der Waals surface area contributed by atoms with E-state index >= 15 is 0 Å². The number of aliphatic hydroxyl groups is 1. The summed E-state index contributed by atoms with van der Waals surface area (Å²) in [4.78, 5) is 71.7. The van der Waals surface area contributed by atoms with Gasteiger partial charge in [-0.05, 0) is 43.4 Å². The van der Waals surface area contributed by atoms with Gasteiger partial charge in [-0.3, -0.25) is 37.3 Å². The maximum Gasteiger partial charge on any atom is 0.472 e. The van der Waals surface area contributed by atoms with Gasteiger partial charge in [0.05, 0.1) is 26.4 Å². The summed E-state index contributed by atoms with van der Waals surface area (Å²) in [5, 5.41) is 10.5. The number of phosphoric acid groups is 2. The lowest BCUT2D eigenvalue weighted by molar-refractivity contribution is -0.161. The van der Waals surface area contributed by atoms with Gasteiger partial charge in [0.15, 0.2) is 12.2 Å². The molecule has 5 atom stereocenters. The first-order chi connectivity index (χ1) is 37.2. The molecule has 0 spiro atoms. The SMILES string of the molecule is CCCCCCCC(=O)OC[C@H](COP(=O)(O)OC[C@H](O)COP(=O)(O)OC[C@@H](COC(=O)CCCCCCCCCC(C)C)OC(=O)CCCCCCCCCCCCC(C)C)OC(=O)CCCCCCCCCC(C)C. The van der Waals surface area contributed by atoms with Crippen molar-refractivity contribution in [1.29, 1.82) is 0 Å². The van der Waals surface area contributed by atoms with E-state index in [-0.39, 0.29) is 25.7 Å². The van der Waals surface area contributed by atoms with Gasteiger partial charge in [0.2, 0.25) is 0 Å². The zero-order valence-corrected chi connectivity index (χ0v) is 51.9. The van der Waals surface area contributed by atoms with Gasteiger partial charge >= 0.3 is 39.5 Å². The minimum Gasteiger partial charge on any atom is -0.462 e. The number of carbonyl (C=O) groups excluding carboxylic acids is 4. The second-order valence-corrected chi connectivity index (χ2v) is 25.7. The Morgan fingerprint density at radius 2 is 0.590 bits per heavy atom. The van der Waals surface area contributed by atoms with Gasteiger partial charge in [0, 0.05) is 25.7 Å². The highest BCUT2D eigenvalue weighted by Gasteiger charge is 2.30. The van der Waals surface area contributed by atoms with Crippen LogP contribution in [0.5, 0.6) is 0 Å². The molecule has 0 bridgehead atoms. The van der Waals surface area contributed by atoms with Crippen molar-refractivity contribution in [2.75, 3.05) is 39.6 Å². The van der Waals surface area contributed by atoms with Crippen LogP contribution in [0.4, 0.5) is 0 Å². The molecule has 0 aliphatic rings. The number of phosphoric ester groups is 2. The van der Waals surface area contributed by atoms with Crippen molar-refractivity contribution in [3.8, 4) is 0 Å². The number of unbranched alkanes of at least 4 members (excludes halogenated alkanes) is 25. The van der Waals surface area contributed by atoms with Crippen LogP contribution < -0.4 is 0 Å². The van der Waals surface area contributed by atoms with Crippen molar-refractivity contribution in [1.82, 2.24) is 0 Å². The molecule has 0 rings (SSSR count). The van der Waals surface area contributed by atoms with Gasteiger partial charge in [0.1, 0.15) is 19.3 Å². The fourth-order valence-electron chi connectivity index (χ4n) is 8.60. The number of hydrogen-bond acceptors (Lipinski definition) is 15. The predicted molar refractivity (Wildman–Crippen MR) is 308 cm³/mol. The first kappa shape index (κ1) is 76.1. The number of esters is 4. The van der Waals surface area contributed by atoms with E-state index < -0.39 is 97.5 Å². The Balaban J connectivity index is 5.19. The van der Waals surface area contributed by atoms with Crippen molar-refractivity contribution in [2.24, 2.45) is 17.8 Å². The van der Waals surface area contributed by atoms with E-state index in [1.807, 2.05) is 0 Å². The zero-order valence-electron chi connectivity index (χ0n) is 50.1. The van der Waals surface area contributed by atoms with Crippen LogP contribution in [0.2, 0.25) is 0 Å². The third kappa shape index (κ3) is 53.4. The molecular formula is C59H114O17P2. The largest absolute Gasteiger partial charge is 0.472 e. The van der Waals surface area contributed by atoms with Crippen molar-refractivity contribution >= 4 is 39.5 Å². The zero-order chi connectivity index (χ0) is 58.1. The summed E-state index contributed by atoms with van der Waals surface area (Å²) < 4.78 is 67.6. The molecule has 462 valence electrons. The highest BCUT2D eigenvalue weighted by Crippen LogP contribution is 2.45. The normalized spacial score (nSPS) is 14.5. The molecule has 0 saturated heterocycles. The molecule has 2 unspecified atom stereocenters. The topological polar surface area (TPSA) is 237 Å². The fourth-order valence-corrected chi connectivity index (χ4v) is 10.2. The number of ether oxygens (including phenoxy) is 4. The summed E-state index contributed by atoms with van der Waals surface area (Å²) in [5.74, 6) is -0.00297. The minimum atomic E-state index is -4.94. The maximum atomic E-state index is 12.9. The molecule has 3 N–H and O–H groups in total. The fraction of sp³-hybridized carbons (Fsp3) is 0.932. The Kier molecular flexibility index (Phi) is 49.5. The third-order valence-corrected chi connectivity index (χ3v) is 15.3. The molecule has 0 heterocycles. The average molecular weight is 1160 g/mol. The molecule has 0 fully saturated rings. The Bertz CT molecular complexity index is 1560. The van der Waals surface area contributed by atoms with Crippen LogP contribution in [0.15, 0.2) is 0 Å². The molecule has 0 aromatic carbocycles. The number of hydrogen-bond donors (Lipinski definition) is 3. The van der Waals surface area contributed by atoms with Crippen LogP contribution >= 0.6 is 15.6 Å². The predicted octanol–water partition coefficient (Wildman–Crippen LogP) is 15.6. The van der Waals surface area contributed by atoms with Crippen molar-refractivity contribution in [3.05, 3.63) is 0 Å². The van der Waals surface area contributed by atoms with Gasteiger partial charge in [-0.15, -0.1) is 0 Å². The monoisotopic (exact) mass is 1160 g/mol. The molecule has 78 heavy (non-hydrogen) atoms. The number of aliphatic hydroxyl groups excluding tert-OH is 1. The molecule has 0 aliphatic heterocycles. The Morgan fingerprint density at radius 3 is 0.872 bits per heavy atom. The van der Waals surface area contributed by atoms with Gasteiger partial charge in [-0.1, -0.05) is 228 Å². The standard InChI is InChI=1S/C59H114O17P2/c1-8-9-10-23-33-40-56(61)69-46-54(75-59(64)43-36-29-22-16-19-26-32-39-52(6)7)48-73-77(65,66)71-44-53(60)45-72-78(67,68)74-49-55(47-70-57(62)41-34-27-21-15-18-25-31-38-51(4)5)76-58(63)42-35-28-20-14-12-11-13-17-24-30-37-50(2)3/h50-55,60H,8-49H2,1-7H3,(H,65,66)(H,67,68)/t53-,54+,55+/m0/s1. The van der Waals surface area contributed by atoms with Crippen LogP contribution in [0.25, 0.3) is 0 Å². The Labute approximate surface area is 473 Å². The molecule has 0 aromatic rings. The van der Waals surface area contributed by atoms with Gasteiger partial charge < -0.3 is 33.8 Å². The second kappa shape index (κ2) is 50.8. The lowest BCUT2D eigenvalue weighted by Crippen LogP contribution is -2.30. The van der Waals surface area contributed by atoms with Gasteiger partial charge in [-0.2, -0.15) is 0 Å². The Hall–Kier alpha value is -1.94. The number of rotatable bonds is 57. The summed E-state index contributed by atoms with van der Waals surface area (Å²) in [6, 6.07) is 0. The minimum absolute atomic E-state index is 0.102.